The fourth-order valence-corrected chi connectivity index (χ4v) is 4.11. The number of aryl methyl sites for hydroxylation is 1. The standard InChI is InChI=1S/C25H20ClN5/c26-19-13-11-18(12-14-19)23-22-24(17-7-2-1-3-8-17)30-31(16-6-15-27)25(22)29-21-10-5-4-9-20(21)28-23/h1-5,7-14,23,28-29H,6,16H2/t23-/m1/s1. The van der Waals surface area contributed by atoms with Gasteiger partial charge in [-0.2, -0.15) is 10.4 Å². The molecule has 5 nitrogen and oxygen atoms in total. The summed E-state index contributed by atoms with van der Waals surface area (Å²) in [6, 6.07) is 28.3. The molecule has 0 bridgehead atoms. The zero-order valence-corrected chi connectivity index (χ0v) is 17.5. The Kier molecular flexibility index (Phi) is 5.07. The summed E-state index contributed by atoms with van der Waals surface area (Å²) >= 11 is 6.17. The quantitative estimate of drug-likeness (QED) is 0.398. The molecule has 2 heterocycles. The van der Waals surface area contributed by atoms with Gasteiger partial charge in [-0.25, -0.2) is 4.68 Å². The molecule has 0 radical (unpaired) electrons. The Bertz CT molecular complexity index is 1260. The van der Waals surface area contributed by atoms with Gasteiger partial charge in [0.2, 0.25) is 0 Å². The lowest BCUT2D eigenvalue weighted by Gasteiger charge is -2.20. The SMILES string of the molecule is N#CCCn1nc(-c2ccccc2)c2c1Nc1ccccc1N[C@@H]2c1ccc(Cl)cc1. The lowest BCUT2D eigenvalue weighted by atomic mass is 9.95. The topological polar surface area (TPSA) is 65.7 Å². The van der Waals surface area contributed by atoms with Crippen LogP contribution in [0.2, 0.25) is 5.02 Å². The molecule has 0 spiro atoms. The molecule has 0 unspecified atom stereocenters. The fourth-order valence-electron chi connectivity index (χ4n) is 3.99. The summed E-state index contributed by atoms with van der Waals surface area (Å²) in [5, 5.41) is 22.1. The van der Waals surface area contributed by atoms with Crippen molar-refractivity contribution < 1.29 is 0 Å². The van der Waals surface area contributed by atoms with Gasteiger partial charge in [0.05, 0.1) is 36.5 Å². The van der Waals surface area contributed by atoms with E-state index in [2.05, 4.69) is 34.9 Å². The molecule has 0 fully saturated rings. The first kappa shape index (κ1) is 19.2. The molecule has 0 saturated heterocycles. The maximum absolute atomic E-state index is 9.19. The number of nitrogens with one attached hydrogen (secondary N) is 2. The number of halogens is 1. The smallest absolute Gasteiger partial charge is 0.135 e. The summed E-state index contributed by atoms with van der Waals surface area (Å²) in [5.41, 5.74) is 6.02. The number of benzene rings is 3. The van der Waals surface area contributed by atoms with E-state index in [4.69, 9.17) is 16.7 Å². The van der Waals surface area contributed by atoms with E-state index in [0.717, 1.165) is 39.6 Å². The van der Waals surface area contributed by atoms with Gasteiger partial charge in [0, 0.05) is 16.1 Å². The van der Waals surface area contributed by atoms with Gasteiger partial charge in [0.1, 0.15) is 11.5 Å². The van der Waals surface area contributed by atoms with Crippen LogP contribution in [0.15, 0.2) is 78.9 Å². The molecule has 0 saturated carbocycles. The van der Waals surface area contributed by atoms with Crippen LogP contribution in [0, 0.1) is 11.3 Å². The molecule has 6 heteroatoms. The van der Waals surface area contributed by atoms with Crippen molar-refractivity contribution in [2.45, 2.75) is 19.0 Å². The summed E-state index contributed by atoms with van der Waals surface area (Å²) in [6.45, 7) is 0.508. The van der Waals surface area contributed by atoms with E-state index in [9.17, 15) is 5.26 Å². The highest BCUT2D eigenvalue weighted by Gasteiger charge is 2.30. The Morgan fingerprint density at radius 3 is 2.39 bits per heavy atom. The van der Waals surface area contributed by atoms with E-state index in [1.807, 2.05) is 65.3 Å². The van der Waals surface area contributed by atoms with Crippen LogP contribution in [0.25, 0.3) is 11.3 Å². The van der Waals surface area contributed by atoms with Crippen LogP contribution in [-0.2, 0) is 6.54 Å². The molecule has 4 aromatic rings. The number of hydrogen-bond donors (Lipinski definition) is 2. The number of hydrogen-bond acceptors (Lipinski definition) is 4. The third-order valence-electron chi connectivity index (χ3n) is 5.44. The van der Waals surface area contributed by atoms with Crippen molar-refractivity contribution in [3.63, 3.8) is 0 Å². The Morgan fingerprint density at radius 2 is 1.65 bits per heavy atom. The highest BCUT2D eigenvalue weighted by molar-refractivity contribution is 6.30. The summed E-state index contributed by atoms with van der Waals surface area (Å²) in [7, 11) is 0. The van der Waals surface area contributed by atoms with Crippen LogP contribution in [0.3, 0.4) is 0 Å². The van der Waals surface area contributed by atoms with E-state index in [1.54, 1.807) is 0 Å². The van der Waals surface area contributed by atoms with Gasteiger partial charge in [-0.15, -0.1) is 0 Å². The lowest BCUT2D eigenvalue weighted by Crippen LogP contribution is -2.12. The molecule has 1 aliphatic rings. The van der Waals surface area contributed by atoms with Crippen molar-refractivity contribution in [3.8, 4) is 17.3 Å². The molecule has 3 aromatic carbocycles. The van der Waals surface area contributed by atoms with Crippen LogP contribution < -0.4 is 10.6 Å². The van der Waals surface area contributed by atoms with Gasteiger partial charge in [-0.1, -0.05) is 66.2 Å². The Balaban J connectivity index is 1.76. The fraction of sp³-hybridized carbons (Fsp3) is 0.120. The first-order valence-electron chi connectivity index (χ1n) is 10.2. The second kappa shape index (κ2) is 8.17. The minimum Gasteiger partial charge on any atom is -0.372 e. The van der Waals surface area contributed by atoms with Crippen molar-refractivity contribution in [3.05, 3.63) is 95.0 Å². The van der Waals surface area contributed by atoms with E-state index >= 15 is 0 Å². The van der Waals surface area contributed by atoms with Gasteiger partial charge >= 0.3 is 0 Å². The van der Waals surface area contributed by atoms with Gasteiger partial charge in [-0.05, 0) is 29.8 Å². The molecule has 0 amide bonds. The van der Waals surface area contributed by atoms with Crippen LogP contribution in [0.4, 0.5) is 17.2 Å². The molecule has 31 heavy (non-hydrogen) atoms. The molecule has 1 aromatic heterocycles. The Hall–Kier alpha value is -3.75. The molecule has 152 valence electrons. The maximum atomic E-state index is 9.19. The number of anilines is 3. The van der Waals surface area contributed by atoms with Crippen molar-refractivity contribution in [1.82, 2.24) is 9.78 Å². The number of aromatic nitrogens is 2. The van der Waals surface area contributed by atoms with Crippen molar-refractivity contribution >= 4 is 28.8 Å². The minimum atomic E-state index is -0.144. The van der Waals surface area contributed by atoms with E-state index in [1.165, 1.54) is 0 Å². The molecule has 1 atom stereocenters. The molecular formula is C25H20ClN5. The normalized spacial score (nSPS) is 14.4. The van der Waals surface area contributed by atoms with Crippen molar-refractivity contribution in [2.24, 2.45) is 0 Å². The van der Waals surface area contributed by atoms with Gasteiger partial charge < -0.3 is 10.6 Å². The number of rotatable bonds is 4. The van der Waals surface area contributed by atoms with E-state index in [0.29, 0.717) is 18.0 Å². The predicted octanol–water partition coefficient (Wildman–Crippen LogP) is 6.38. The molecule has 5 rings (SSSR count). The lowest BCUT2D eigenvalue weighted by molar-refractivity contribution is 0.637. The third-order valence-corrected chi connectivity index (χ3v) is 5.70. The van der Waals surface area contributed by atoms with Crippen molar-refractivity contribution in [1.29, 1.82) is 5.26 Å². The van der Waals surface area contributed by atoms with Crippen LogP contribution >= 0.6 is 11.6 Å². The number of para-hydroxylation sites is 2. The summed E-state index contributed by atoms with van der Waals surface area (Å²) in [5.74, 6) is 0.895. The van der Waals surface area contributed by atoms with Crippen LogP contribution in [0.1, 0.15) is 23.6 Å². The van der Waals surface area contributed by atoms with Gasteiger partial charge in [0.15, 0.2) is 0 Å². The van der Waals surface area contributed by atoms with Crippen LogP contribution in [-0.4, -0.2) is 9.78 Å². The average Bonchev–Trinajstić information content (AvgIpc) is 3.06. The molecule has 1 aliphatic heterocycles. The second-order valence-electron chi connectivity index (χ2n) is 7.41. The molecular weight excluding hydrogens is 406 g/mol. The highest BCUT2D eigenvalue weighted by atomic mass is 35.5. The zero-order valence-electron chi connectivity index (χ0n) is 16.7. The third kappa shape index (κ3) is 3.63. The van der Waals surface area contributed by atoms with Crippen LogP contribution in [0.5, 0.6) is 0 Å². The number of fused-ring (bicyclic) bond motifs is 2. The number of nitriles is 1. The minimum absolute atomic E-state index is 0.144. The first-order chi connectivity index (χ1) is 15.2. The largest absolute Gasteiger partial charge is 0.372 e. The molecule has 0 aliphatic carbocycles. The summed E-state index contributed by atoms with van der Waals surface area (Å²) < 4.78 is 1.91. The molecule has 2 N–H and O–H groups in total. The van der Waals surface area contributed by atoms with Crippen molar-refractivity contribution in [2.75, 3.05) is 10.6 Å². The first-order valence-corrected chi connectivity index (χ1v) is 10.5. The second-order valence-corrected chi connectivity index (χ2v) is 7.84. The average molecular weight is 426 g/mol. The zero-order chi connectivity index (χ0) is 21.2. The maximum Gasteiger partial charge on any atom is 0.135 e. The predicted molar refractivity (Wildman–Crippen MR) is 125 cm³/mol. The monoisotopic (exact) mass is 425 g/mol. The summed E-state index contributed by atoms with van der Waals surface area (Å²) in [6.07, 6.45) is 0.380. The summed E-state index contributed by atoms with van der Waals surface area (Å²) in [4.78, 5) is 0. The highest BCUT2D eigenvalue weighted by Crippen LogP contribution is 2.44. The number of nitrogens with zero attached hydrogens (tertiary/aromatic N) is 3. The van der Waals surface area contributed by atoms with Gasteiger partial charge in [0.25, 0.3) is 0 Å². The van der Waals surface area contributed by atoms with E-state index in [-0.39, 0.29) is 6.04 Å². The Labute approximate surface area is 185 Å². The van der Waals surface area contributed by atoms with E-state index < -0.39 is 0 Å². The Morgan fingerprint density at radius 1 is 0.935 bits per heavy atom. The van der Waals surface area contributed by atoms with Gasteiger partial charge in [-0.3, -0.25) is 0 Å².